The predicted octanol–water partition coefficient (Wildman–Crippen LogP) is 1.17. The van der Waals surface area contributed by atoms with Crippen LogP contribution in [0, 0.1) is 0 Å². The number of nitrogens with one attached hydrogen (secondary N) is 1. The molecule has 1 unspecified atom stereocenters. The zero-order chi connectivity index (χ0) is 15.3. The van der Waals surface area contributed by atoms with Crippen molar-refractivity contribution in [2.45, 2.75) is 51.6 Å². The average Bonchev–Trinajstić information content (AvgIpc) is 2.42. The minimum atomic E-state index is -2.53. The van der Waals surface area contributed by atoms with Gasteiger partial charge in [0.25, 0.3) is 6.43 Å². The second-order valence-electron chi connectivity index (χ2n) is 4.92. The minimum absolute atomic E-state index is 0.00277. The molecule has 0 aliphatic carbocycles. The van der Waals surface area contributed by atoms with Crippen LogP contribution in [0.2, 0.25) is 0 Å². The summed E-state index contributed by atoms with van der Waals surface area (Å²) in [6.07, 6.45) is -1.54. The van der Waals surface area contributed by atoms with E-state index in [1.165, 1.54) is 4.90 Å². The van der Waals surface area contributed by atoms with Crippen LogP contribution in [0.15, 0.2) is 0 Å². The highest BCUT2D eigenvalue weighted by atomic mass is 19.3. The van der Waals surface area contributed by atoms with Gasteiger partial charge in [-0.05, 0) is 19.8 Å². The summed E-state index contributed by atoms with van der Waals surface area (Å²) in [5.41, 5.74) is -0.883. The van der Waals surface area contributed by atoms with Gasteiger partial charge in [-0.15, -0.1) is 0 Å². The molecule has 0 radical (unpaired) electrons. The molecule has 20 heavy (non-hydrogen) atoms. The predicted molar refractivity (Wildman–Crippen MR) is 69.5 cm³/mol. The van der Waals surface area contributed by atoms with E-state index in [0.717, 1.165) is 0 Å². The van der Waals surface area contributed by atoms with Gasteiger partial charge in [0, 0.05) is 6.54 Å². The topological polar surface area (TPSA) is 58.6 Å². The molecule has 0 bridgehead atoms. The maximum Gasteiger partial charge on any atom is 0.261 e. The van der Waals surface area contributed by atoms with Crippen molar-refractivity contribution in [3.63, 3.8) is 0 Å². The normalized spacial score (nSPS) is 22.3. The standard InChI is InChI=1S/C13H22F2N2O3/c1-4-13(5-2)12(19)17(9(3)11(18)16-13)6-7-20-8-10(14)15/h9-10H,4-8H2,1-3H3,(H,16,18). The molecule has 0 aromatic heterocycles. The third kappa shape index (κ3) is 3.45. The molecule has 0 aromatic rings. The van der Waals surface area contributed by atoms with Crippen LogP contribution in [0.3, 0.4) is 0 Å². The Morgan fingerprint density at radius 3 is 2.45 bits per heavy atom. The smallest absolute Gasteiger partial charge is 0.261 e. The Balaban J connectivity index is 2.71. The number of halogens is 2. The van der Waals surface area contributed by atoms with E-state index in [9.17, 15) is 18.4 Å². The monoisotopic (exact) mass is 292 g/mol. The summed E-state index contributed by atoms with van der Waals surface area (Å²) in [7, 11) is 0. The van der Waals surface area contributed by atoms with Gasteiger partial charge in [-0.3, -0.25) is 9.59 Å². The molecular formula is C13H22F2N2O3. The molecule has 5 nitrogen and oxygen atoms in total. The lowest BCUT2D eigenvalue weighted by atomic mass is 9.87. The Morgan fingerprint density at radius 2 is 1.95 bits per heavy atom. The molecule has 1 N–H and O–H groups in total. The van der Waals surface area contributed by atoms with Gasteiger partial charge in [0.05, 0.1) is 6.61 Å². The van der Waals surface area contributed by atoms with E-state index in [4.69, 9.17) is 4.74 Å². The van der Waals surface area contributed by atoms with Gasteiger partial charge in [0.15, 0.2) is 0 Å². The summed E-state index contributed by atoms with van der Waals surface area (Å²) in [6.45, 7) is 4.77. The Kier molecular flexibility index (Phi) is 5.86. The number of rotatable bonds is 7. The van der Waals surface area contributed by atoms with Gasteiger partial charge >= 0.3 is 0 Å². The van der Waals surface area contributed by atoms with Crippen molar-refractivity contribution in [1.82, 2.24) is 10.2 Å². The summed E-state index contributed by atoms with van der Waals surface area (Å²) in [6, 6.07) is -0.608. The number of alkyl halides is 2. The summed E-state index contributed by atoms with van der Waals surface area (Å²) < 4.78 is 28.7. The fourth-order valence-electron chi connectivity index (χ4n) is 2.35. The first kappa shape index (κ1) is 16.8. The minimum Gasteiger partial charge on any atom is -0.374 e. The first-order valence-corrected chi connectivity index (χ1v) is 6.87. The van der Waals surface area contributed by atoms with Gasteiger partial charge in [0.1, 0.15) is 18.2 Å². The second kappa shape index (κ2) is 6.97. The van der Waals surface area contributed by atoms with Crippen molar-refractivity contribution < 1.29 is 23.1 Å². The summed E-state index contributed by atoms with van der Waals surface area (Å²) in [5, 5.41) is 2.78. The zero-order valence-electron chi connectivity index (χ0n) is 12.1. The van der Waals surface area contributed by atoms with Crippen molar-refractivity contribution in [2.24, 2.45) is 0 Å². The average molecular weight is 292 g/mol. The molecule has 2 amide bonds. The van der Waals surface area contributed by atoms with Crippen LogP contribution in [-0.4, -0.2) is 54.5 Å². The van der Waals surface area contributed by atoms with Crippen molar-refractivity contribution in [3.8, 4) is 0 Å². The molecule has 1 fully saturated rings. The molecule has 0 saturated carbocycles. The number of piperazine rings is 1. The Hall–Kier alpha value is -1.24. The maximum absolute atomic E-state index is 12.5. The van der Waals surface area contributed by atoms with Crippen molar-refractivity contribution in [2.75, 3.05) is 19.8 Å². The summed E-state index contributed by atoms with van der Waals surface area (Å²) in [4.78, 5) is 25.9. The molecule has 1 rings (SSSR count). The molecule has 1 saturated heterocycles. The fraction of sp³-hybridized carbons (Fsp3) is 0.846. The molecule has 1 heterocycles. The molecule has 0 spiro atoms. The number of hydrogen-bond donors (Lipinski definition) is 1. The third-order valence-corrected chi connectivity index (χ3v) is 3.81. The number of nitrogens with zero attached hydrogens (tertiary/aromatic N) is 1. The Morgan fingerprint density at radius 1 is 1.35 bits per heavy atom. The number of ether oxygens (including phenoxy) is 1. The number of amides is 2. The molecule has 116 valence electrons. The number of hydrogen-bond acceptors (Lipinski definition) is 3. The van der Waals surface area contributed by atoms with Crippen LogP contribution < -0.4 is 5.32 Å². The van der Waals surface area contributed by atoms with E-state index in [-0.39, 0.29) is 25.0 Å². The zero-order valence-corrected chi connectivity index (χ0v) is 12.1. The van der Waals surface area contributed by atoms with Crippen LogP contribution in [0.4, 0.5) is 8.78 Å². The van der Waals surface area contributed by atoms with Crippen LogP contribution in [0.25, 0.3) is 0 Å². The second-order valence-corrected chi connectivity index (χ2v) is 4.92. The first-order chi connectivity index (χ1) is 9.38. The molecule has 0 aromatic carbocycles. The first-order valence-electron chi connectivity index (χ1n) is 6.87. The van der Waals surface area contributed by atoms with Crippen molar-refractivity contribution >= 4 is 11.8 Å². The third-order valence-electron chi connectivity index (χ3n) is 3.81. The Bertz CT molecular complexity index is 360. The van der Waals surface area contributed by atoms with E-state index in [0.29, 0.717) is 12.8 Å². The quantitative estimate of drug-likeness (QED) is 0.717. The number of carbonyl (C=O) groups is 2. The van der Waals surface area contributed by atoms with E-state index in [1.807, 2.05) is 13.8 Å². The van der Waals surface area contributed by atoms with Crippen LogP contribution in [-0.2, 0) is 14.3 Å². The van der Waals surface area contributed by atoms with E-state index >= 15 is 0 Å². The van der Waals surface area contributed by atoms with E-state index in [2.05, 4.69) is 5.32 Å². The highest BCUT2D eigenvalue weighted by Crippen LogP contribution is 2.24. The van der Waals surface area contributed by atoms with Crippen LogP contribution in [0.1, 0.15) is 33.6 Å². The molecule has 1 atom stereocenters. The fourth-order valence-corrected chi connectivity index (χ4v) is 2.35. The lowest BCUT2D eigenvalue weighted by Gasteiger charge is -2.44. The van der Waals surface area contributed by atoms with Gasteiger partial charge < -0.3 is 15.0 Å². The van der Waals surface area contributed by atoms with Gasteiger partial charge in [-0.25, -0.2) is 8.78 Å². The highest BCUT2D eigenvalue weighted by Gasteiger charge is 2.47. The van der Waals surface area contributed by atoms with E-state index < -0.39 is 24.6 Å². The highest BCUT2D eigenvalue weighted by molar-refractivity contribution is 5.99. The largest absolute Gasteiger partial charge is 0.374 e. The lowest BCUT2D eigenvalue weighted by molar-refractivity contribution is -0.155. The molecular weight excluding hydrogens is 270 g/mol. The van der Waals surface area contributed by atoms with Crippen molar-refractivity contribution in [3.05, 3.63) is 0 Å². The van der Waals surface area contributed by atoms with Crippen LogP contribution >= 0.6 is 0 Å². The maximum atomic E-state index is 12.5. The Labute approximate surface area is 117 Å². The van der Waals surface area contributed by atoms with Gasteiger partial charge in [-0.1, -0.05) is 13.8 Å². The summed E-state index contributed by atoms with van der Waals surface area (Å²) >= 11 is 0. The molecule has 7 heteroatoms. The summed E-state index contributed by atoms with van der Waals surface area (Å²) in [5.74, 6) is -0.391. The SMILES string of the molecule is CCC1(CC)NC(=O)C(C)N(CCOCC(F)F)C1=O. The van der Waals surface area contributed by atoms with Gasteiger partial charge in [-0.2, -0.15) is 0 Å². The van der Waals surface area contributed by atoms with Crippen molar-refractivity contribution in [1.29, 1.82) is 0 Å². The lowest BCUT2D eigenvalue weighted by Crippen LogP contribution is -2.69. The molecule has 1 aliphatic heterocycles. The van der Waals surface area contributed by atoms with E-state index in [1.54, 1.807) is 6.92 Å². The van der Waals surface area contributed by atoms with Crippen LogP contribution in [0.5, 0.6) is 0 Å². The van der Waals surface area contributed by atoms with Gasteiger partial charge in [0.2, 0.25) is 11.8 Å². The molecule has 1 aliphatic rings. The number of carbonyl (C=O) groups excluding carboxylic acids is 2.